The molecule has 0 aliphatic heterocycles. The number of hydrogen-bond donors (Lipinski definition) is 2. The number of aryl methyl sites for hydroxylation is 1. The van der Waals surface area contributed by atoms with Crippen LogP contribution in [0.25, 0.3) is 10.9 Å². The van der Waals surface area contributed by atoms with Gasteiger partial charge in [-0.15, -0.1) is 5.10 Å². The Hall–Kier alpha value is -3.17. The zero-order valence-corrected chi connectivity index (χ0v) is 17.9. The van der Waals surface area contributed by atoms with Gasteiger partial charge in [-0.2, -0.15) is 5.10 Å². The van der Waals surface area contributed by atoms with Crippen LogP contribution in [0.5, 0.6) is 5.75 Å². The maximum Gasteiger partial charge on any atom is 0.259 e. The van der Waals surface area contributed by atoms with E-state index in [0.717, 1.165) is 23.0 Å². The number of aromatic nitrogens is 4. The van der Waals surface area contributed by atoms with Gasteiger partial charge in [0.25, 0.3) is 5.91 Å². The van der Waals surface area contributed by atoms with Gasteiger partial charge < -0.3 is 15.4 Å². The molecule has 0 saturated carbocycles. The zero-order chi connectivity index (χ0) is 21.1. The number of halogens is 1. The Balaban J connectivity index is 1.68. The summed E-state index contributed by atoms with van der Waals surface area (Å²) in [6.07, 6.45) is 1.77. The lowest BCUT2D eigenvalue weighted by atomic mass is 10.1. The van der Waals surface area contributed by atoms with E-state index in [1.54, 1.807) is 24.8 Å². The summed E-state index contributed by atoms with van der Waals surface area (Å²) in [6.45, 7) is 3.22. The number of hydrogen-bond acceptors (Lipinski definition) is 7. The Morgan fingerprint density at radius 3 is 2.87 bits per heavy atom. The molecule has 0 unspecified atom stereocenters. The summed E-state index contributed by atoms with van der Waals surface area (Å²) in [5.41, 5.74) is 3.08. The molecule has 0 fully saturated rings. The van der Waals surface area contributed by atoms with Gasteiger partial charge in [0.05, 0.1) is 40.5 Å². The topological polar surface area (TPSA) is 94.0 Å². The number of methoxy groups -OCH3 is 1. The number of nitrogens with one attached hydrogen (secondary N) is 2. The first kappa shape index (κ1) is 20.1. The van der Waals surface area contributed by atoms with Gasteiger partial charge in [-0.3, -0.25) is 9.48 Å². The zero-order valence-electron chi connectivity index (χ0n) is 16.3. The van der Waals surface area contributed by atoms with Crippen LogP contribution in [-0.4, -0.2) is 32.4 Å². The van der Waals surface area contributed by atoms with Gasteiger partial charge >= 0.3 is 0 Å². The first-order chi connectivity index (χ1) is 14.6. The summed E-state index contributed by atoms with van der Waals surface area (Å²) in [7, 11) is 1.58. The highest BCUT2D eigenvalue weighted by Crippen LogP contribution is 2.30. The molecule has 0 bridgehead atoms. The minimum Gasteiger partial charge on any atom is -0.495 e. The van der Waals surface area contributed by atoms with E-state index in [1.807, 2.05) is 35.9 Å². The fourth-order valence-corrected chi connectivity index (χ4v) is 3.87. The molecule has 2 aromatic heterocycles. The molecule has 2 heterocycles. The number of carbonyl (C=O) groups excluding carboxylic acids is 1. The van der Waals surface area contributed by atoms with Crippen molar-refractivity contribution in [2.75, 3.05) is 17.7 Å². The number of carbonyl (C=O) groups is 1. The number of anilines is 2. The van der Waals surface area contributed by atoms with Crippen LogP contribution >= 0.6 is 23.1 Å². The largest absolute Gasteiger partial charge is 0.495 e. The van der Waals surface area contributed by atoms with Crippen molar-refractivity contribution in [3.8, 4) is 5.75 Å². The van der Waals surface area contributed by atoms with Gasteiger partial charge in [0, 0.05) is 18.5 Å². The van der Waals surface area contributed by atoms with Crippen LogP contribution in [0, 0.1) is 0 Å². The third-order valence-corrected chi connectivity index (χ3v) is 5.46. The van der Waals surface area contributed by atoms with E-state index in [1.165, 1.54) is 11.5 Å². The third kappa shape index (κ3) is 3.94. The molecular formula is C20H19ClN6O2S. The molecule has 0 spiro atoms. The average molecular weight is 443 g/mol. The van der Waals surface area contributed by atoms with E-state index >= 15 is 0 Å². The molecule has 0 aliphatic carbocycles. The molecule has 2 aromatic carbocycles. The normalized spacial score (nSPS) is 10.9. The van der Waals surface area contributed by atoms with E-state index < -0.39 is 0 Å². The first-order valence-electron chi connectivity index (χ1n) is 9.24. The van der Waals surface area contributed by atoms with Crippen LogP contribution in [0.15, 0.2) is 41.9 Å². The van der Waals surface area contributed by atoms with Gasteiger partial charge in [0.15, 0.2) is 5.82 Å². The summed E-state index contributed by atoms with van der Waals surface area (Å²) in [4.78, 5) is 12.9. The van der Waals surface area contributed by atoms with E-state index in [-0.39, 0.29) is 5.91 Å². The Morgan fingerprint density at radius 2 is 2.17 bits per heavy atom. The predicted octanol–water partition coefficient (Wildman–Crippen LogP) is 4.43. The standard InChI is InChI=1S/C20H19ClN6O2S/c1-3-27-16-6-5-13(20(28)24-18-11-30-26-25-18)19(14(16)10-23-27)22-9-12-4-7-17(29-2)15(21)8-12/h4-8,10-11,22H,3,9H2,1-2H3,(H,24,28). The molecule has 1 amide bonds. The fourth-order valence-electron chi connectivity index (χ4n) is 3.20. The van der Waals surface area contributed by atoms with Crippen molar-refractivity contribution >= 4 is 51.4 Å². The molecule has 8 nitrogen and oxygen atoms in total. The van der Waals surface area contributed by atoms with Crippen LogP contribution < -0.4 is 15.4 Å². The van der Waals surface area contributed by atoms with Crippen molar-refractivity contribution in [3.63, 3.8) is 0 Å². The van der Waals surface area contributed by atoms with Crippen LogP contribution in [0.3, 0.4) is 0 Å². The third-order valence-electron chi connectivity index (χ3n) is 4.66. The summed E-state index contributed by atoms with van der Waals surface area (Å²) < 4.78 is 10.9. The molecule has 4 aromatic rings. The maximum atomic E-state index is 12.9. The number of fused-ring (bicyclic) bond motifs is 1. The van der Waals surface area contributed by atoms with E-state index in [4.69, 9.17) is 16.3 Å². The minimum absolute atomic E-state index is 0.274. The Kier molecular flexibility index (Phi) is 5.82. The lowest BCUT2D eigenvalue weighted by Crippen LogP contribution is -2.15. The van der Waals surface area contributed by atoms with Gasteiger partial charge in [-0.1, -0.05) is 22.2 Å². The number of amides is 1. The second kappa shape index (κ2) is 8.68. The molecule has 10 heteroatoms. The summed E-state index contributed by atoms with van der Waals surface area (Å²) in [5.74, 6) is 0.759. The predicted molar refractivity (Wildman–Crippen MR) is 119 cm³/mol. The summed E-state index contributed by atoms with van der Waals surface area (Å²) in [5, 5.41) is 17.6. The molecule has 30 heavy (non-hydrogen) atoms. The molecule has 0 aliphatic rings. The molecule has 154 valence electrons. The smallest absolute Gasteiger partial charge is 0.259 e. The van der Waals surface area contributed by atoms with E-state index in [9.17, 15) is 4.79 Å². The Bertz CT molecular complexity index is 1190. The van der Waals surface area contributed by atoms with Crippen LogP contribution in [0.1, 0.15) is 22.8 Å². The van der Waals surface area contributed by atoms with E-state index in [0.29, 0.717) is 34.4 Å². The highest BCUT2D eigenvalue weighted by Gasteiger charge is 2.18. The highest BCUT2D eigenvalue weighted by atomic mass is 35.5. The van der Waals surface area contributed by atoms with Gasteiger partial charge in [-0.05, 0) is 48.3 Å². The molecule has 0 saturated heterocycles. The van der Waals surface area contributed by atoms with Gasteiger partial charge in [-0.25, -0.2) is 0 Å². The van der Waals surface area contributed by atoms with Gasteiger partial charge in [0.2, 0.25) is 0 Å². The first-order valence-corrected chi connectivity index (χ1v) is 10.5. The molecule has 0 atom stereocenters. The number of rotatable bonds is 7. The van der Waals surface area contributed by atoms with Crippen molar-refractivity contribution in [3.05, 3.63) is 58.1 Å². The summed E-state index contributed by atoms with van der Waals surface area (Å²) in [6, 6.07) is 9.26. The number of nitrogens with zero attached hydrogens (tertiary/aromatic N) is 4. The number of benzene rings is 2. The molecular weight excluding hydrogens is 424 g/mol. The SMILES string of the molecule is CCn1ncc2c(NCc3ccc(OC)c(Cl)c3)c(C(=O)Nc3csnn3)ccc21. The van der Waals surface area contributed by atoms with Gasteiger partial charge in [0.1, 0.15) is 5.75 Å². The van der Waals surface area contributed by atoms with Crippen LogP contribution in [-0.2, 0) is 13.1 Å². The highest BCUT2D eigenvalue weighted by molar-refractivity contribution is 7.03. The second-order valence-electron chi connectivity index (χ2n) is 6.45. The van der Waals surface area contributed by atoms with Crippen LogP contribution in [0.4, 0.5) is 11.5 Å². The second-order valence-corrected chi connectivity index (χ2v) is 7.47. The molecule has 2 N–H and O–H groups in total. The van der Waals surface area contributed by atoms with Crippen LogP contribution in [0.2, 0.25) is 5.02 Å². The molecule has 4 rings (SSSR count). The van der Waals surface area contributed by atoms with Crippen molar-refractivity contribution < 1.29 is 9.53 Å². The fraction of sp³-hybridized carbons (Fsp3) is 0.200. The maximum absolute atomic E-state index is 12.9. The summed E-state index contributed by atoms with van der Waals surface area (Å²) >= 11 is 7.42. The average Bonchev–Trinajstić information content (AvgIpc) is 3.41. The van der Waals surface area contributed by atoms with E-state index in [2.05, 4.69) is 25.3 Å². The number of ether oxygens (including phenoxy) is 1. The minimum atomic E-state index is -0.274. The lowest BCUT2D eigenvalue weighted by Gasteiger charge is -2.14. The quantitative estimate of drug-likeness (QED) is 0.439. The Labute approximate surface area is 182 Å². The monoisotopic (exact) mass is 442 g/mol. The van der Waals surface area contributed by atoms with Crippen molar-refractivity contribution in [2.45, 2.75) is 20.0 Å². The van der Waals surface area contributed by atoms with Crippen molar-refractivity contribution in [1.29, 1.82) is 0 Å². The Morgan fingerprint density at radius 1 is 1.30 bits per heavy atom. The van der Waals surface area contributed by atoms with Crippen molar-refractivity contribution in [2.24, 2.45) is 0 Å². The lowest BCUT2D eigenvalue weighted by molar-refractivity contribution is 0.102. The van der Waals surface area contributed by atoms with Crippen molar-refractivity contribution in [1.82, 2.24) is 19.4 Å². The molecule has 0 radical (unpaired) electrons.